The summed E-state index contributed by atoms with van der Waals surface area (Å²) in [6, 6.07) is 10.4. The van der Waals surface area contributed by atoms with Crippen LogP contribution in [0.3, 0.4) is 0 Å². The molecule has 0 unspecified atom stereocenters. The van der Waals surface area contributed by atoms with Gasteiger partial charge in [0.2, 0.25) is 0 Å². The van der Waals surface area contributed by atoms with Gasteiger partial charge < -0.3 is 4.74 Å². The van der Waals surface area contributed by atoms with Crippen LogP contribution in [-0.4, -0.2) is 0 Å². The summed E-state index contributed by atoms with van der Waals surface area (Å²) in [6.07, 6.45) is 0. The zero-order valence-corrected chi connectivity index (χ0v) is 10.3. The average Bonchev–Trinajstić information content (AvgIpc) is 2.39. The first-order valence-electron chi connectivity index (χ1n) is 5.41. The Morgan fingerprint density at radius 1 is 1.00 bits per heavy atom. The Bertz CT molecular complexity index is 543. The van der Waals surface area contributed by atoms with Gasteiger partial charge in [-0.2, -0.15) is 0 Å². The molecule has 1 nitrogen and oxygen atoms in total. The van der Waals surface area contributed by atoms with Crippen LogP contribution in [0.4, 0.5) is 8.78 Å². The van der Waals surface area contributed by atoms with Crippen LogP contribution in [0.5, 0.6) is 5.75 Å². The van der Waals surface area contributed by atoms with E-state index in [0.717, 1.165) is 0 Å². The summed E-state index contributed by atoms with van der Waals surface area (Å²) in [5, 5.41) is 0. The molecular weight excluding hydrogens is 258 g/mol. The van der Waals surface area contributed by atoms with Crippen LogP contribution in [0.25, 0.3) is 0 Å². The van der Waals surface area contributed by atoms with Gasteiger partial charge in [-0.05, 0) is 24.3 Å². The standard InChI is InChI=1S/C14H11ClF2O/c15-8-11-7-12(16)5-6-14(11)18-9-10-3-1-2-4-13(10)17/h1-7H,8-9H2. The topological polar surface area (TPSA) is 9.23 Å². The molecule has 0 N–H and O–H groups in total. The van der Waals surface area contributed by atoms with Gasteiger partial charge in [-0.25, -0.2) is 8.78 Å². The maximum atomic E-state index is 13.4. The van der Waals surface area contributed by atoms with E-state index in [-0.39, 0.29) is 24.1 Å². The lowest BCUT2D eigenvalue weighted by Gasteiger charge is -2.10. The second-order valence-corrected chi connectivity index (χ2v) is 4.03. The quantitative estimate of drug-likeness (QED) is 0.752. The summed E-state index contributed by atoms with van der Waals surface area (Å²) in [6.45, 7) is 0.0855. The molecule has 2 aromatic rings. The van der Waals surface area contributed by atoms with E-state index in [0.29, 0.717) is 16.9 Å². The predicted octanol–water partition coefficient (Wildman–Crippen LogP) is 4.28. The molecule has 0 aliphatic carbocycles. The summed E-state index contributed by atoms with van der Waals surface area (Å²) in [5.74, 6) is -0.0877. The zero-order valence-electron chi connectivity index (χ0n) is 9.50. The Labute approximate surface area is 109 Å². The van der Waals surface area contributed by atoms with Crippen molar-refractivity contribution < 1.29 is 13.5 Å². The lowest BCUT2D eigenvalue weighted by atomic mass is 10.2. The van der Waals surface area contributed by atoms with Gasteiger partial charge in [0.1, 0.15) is 24.0 Å². The van der Waals surface area contributed by atoms with Crippen molar-refractivity contribution >= 4 is 11.6 Å². The molecular formula is C14H11ClF2O. The second-order valence-electron chi connectivity index (χ2n) is 3.77. The van der Waals surface area contributed by atoms with Crippen molar-refractivity contribution in [3.05, 3.63) is 65.2 Å². The summed E-state index contributed by atoms with van der Waals surface area (Å²) >= 11 is 5.70. The fourth-order valence-electron chi connectivity index (χ4n) is 1.56. The van der Waals surface area contributed by atoms with Crippen LogP contribution in [0, 0.1) is 11.6 Å². The Balaban J connectivity index is 2.13. The summed E-state index contributed by atoms with van der Waals surface area (Å²) in [5.41, 5.74) is 0.996. The van der Waals surface area contributed by atoms with Crippen LogP contribution in [0.1, 0.15) is 11.1 Å². The molecule has 0 fully saturated rings. The molecule has 0 aliphatic rings. The first-order chi connectivity index (χ1) is 8.70. The number of rotatable bonds is 4. The van der Waals surface area contributed by atoms with E-state index in [1.807, 2.05) is 0 Å². The zero-order chi connectivity index (χ0) is 13.0. The third-order valence-corrected chi connectivity index (χ3v) is 2.80. The van der Waals surface area contributed by atoms with Gasteiger partial charge in [0.25, 0.3) is 0 Å². The molecule has 0 aromatic heterocycles. The van der Waals surface area contributed by atoms with Crippen LogP contribution >= 0.6 is 11.6 Å². The maximum Gasteiger partial charge on any atom is 0.129 e. The van der Waals surface area contributed by atoms with Gasteiger partial charge in [0.15, 0.2) is 0 Å². The van der Waals surface area contributed by atoms with Gasteiger partial charge in [0.05, 0.1) is 5.88 Å². The highest BCUT2D eigenvalue weighted by Gasteiger charge is 2.06. The van der Waals surface area contributed by atoms with Crippen molar-refractivity contribution in [2.45, 2.75) is 12.5 Å². The Morgan fingerprint density at radius 2 is 1.78 bits per heavy atom. The van der Waals surface area contributed by atoms with Crippen LogP contribution in [0.15, 0.2) is 42.5 Å². The third kappa shape index (κ3) is 2.99. The molecule has 0 aliphatic heterocycles. The molecule has 0 amide bonds. The Morgan fingerprint density at radius 3 is 2.50 bits per heavy atom. The third-order valence-electron chi connectivity index (χ3n) is 2.51. The second kappa shape index (κ2) is 5.83. The van der Waals surface area contributed by atoms with Crippen molar-refractivity contribution in [3.63, 3.8) is 0 Å². The molecule has 0 atom stereocenters. The van der Waals surface area contributed by atoms with Crippen LogP contribution < -0.4 is 4.74 Å². The molecule has 0 bridgehead atoms. The molecule has 94 valence electrons. The van der Waals surface area contributed by atoms with E-state index < -0.39 is 0 Å². The molecule has 0 spiro atoms. The van der Waals surface area contributed by atoms with E-state index in [1.54, 1.807) is 18.2 Å². The molecule has 0 heterocycles. The monoisotopic (exact) mass is 268 g/mol. The van der Waals surface area contributed by atoms with E-state index in [1.165, 1.54) is 24.3 Å². The lowest BCUT2D eigenvalue weighted by molar-refractivity contribution is 0.297. The number of alkyl halides is 1. The first kappa shape index (κ1) is 12.8. The largest absolute Gasteiger partial charge is 0.488 e. The smallest absolute Gasteiger partial charge is 0.129 e. The van der Waals surface area contributed by atoms with Crippen molar-refractivity contribution in [3.8, 4) is 5.75 Å². The van der Waals surface area contributed by atoms with E-state index >= 15 is 0 Å². The van der Waals surface area contributed by atoms with Crippen molar-refractivity contribution in [1.29, 1.82) is 0 Å². The molecule has 4 heteroatoms. The summed E-state index contributed by atoms with van der Waals surface area (Å²) < 4.78 is 31.8. The van der Waals surface area contributed by atoms with Gasteiger partial charge in [-0.15, -0.1) is 11.6 Å². The highest BCUT2D eigenvalue weighted by atomic mass is 35.5. The van der Waals surface area contributed by atoms with Gasteiger partial charge >= 0.3 is 0 Å². The minimum Gasteiger partial charge on any atom is -0.488 e. The van der Waals surface area contributed by atoms with Gasteiger partial charge in [0, 0.05) is 11.1 Å². The molecule has 0 radical (unpaired) electrons. The highest BCUT2D eigenvalue weighted by molar-refractivity contribution is 6.17. The first-order valence-corrected chi connectivity index (χ1v) is 5.95. The number of ether oxygens (including phenoxy) is 1. The van der Waals surface area contributed by atoms with Crippen LogP contribution in [-0.2, 0) is 12.5 Å². The molecule has 2 aromatic carbocycles. The van der Waals surface area contributed by atoms with E-state index in [2.05, 4.69) is 0 Å². The Hall–Kier alpha value is -1.61. The SMILES string of the molecule is Fc1ccc(OCc2ccccc2F)c(CCl)c1. The van der Waals surface area contributed by atoms with Crippen molar-refractivity contribution in [2.24, 2.45) is 0 Å². The van der Waals surface area contributed by atoms with Gasteiger partial charge in [-0.3, -0.25) is 0 Å². The average molecular weight is 269 g/mol. The fourth-order valence-corrected chi connectivity index (χ4v) is 1.77. The van der Waals surface area contributed by atoms with Crippen molar-refractivity contribution in [2.75, 3.05) is 0 Å². The fraction of sp³-hybridized carbons (Fsp3) is 0.143. The summed E-state index contributed by atoms with van der Waals surface area (Å²) in [7, 11) is 0. The van der Waals surface area contributed by atoms with Crippen molar-refractivity contribution in [1.82, 2.24) is 0 Å². The van der Waals surface area contributed by atoms with Crippen LogP contribution in [0.2, 0.25) is 0 Å². The maximum absolute atomic E-state index is 13.4. The molecule has 2 rings (SSSR count). The highest BCUT2D eigenvalue weighted by Crippen LogP contribution is 2.23. The molecule has 0 saturated heterocycles. The Kier molecular flexibility index (Phi) is 4.15. The lowest BCUT2D eigenvalue weighted by Crippen LogP contribution is -2.00. The predicted molar refractivity (Wildman–Crippen MR) is 66.7 cm³/mol. The molecule has 18 heavy (non-hydrogen) atoms. The normalized spacial score (nSPS) is 10.4. The van der Waals surface area contributed by atoms with E-state index in [4.69, 9.17) is 16.3 Å². The van der Waals surface area contributed by atoms with E-state index in [9.17, 15) is 8.78 Å². The number of halogens is 3. The van der Waals surface area contributed by atoms with Gasteiger partial charge in [-0.1, -0.05) is 18.2 Å². The molecule has 0 saturated carbocycles. The minimum absolute atomic E-state index is 0.0855. The minimum atomic E-state index is -0.371. The number of hydrogen-bond donors (Lipinski definition) is 0. The summed E-state index contributed by atoms with van der Waals surface area (Å²) in [4.78, 5) is 0. The number of hydrogen-bond acceptors (Lipinski definition) is 1. The number of benzene rings is 2.